The van der Waals surface area contributed by atoms with Crippen LogP contribution in [0.1, 0.15) is 13.3 Å². The fraction of sp³-hybridized carbons (Fsp3) is 0.923. The van der Waals surface area contributed by atoms with Crippen LogP contribution in [0.25, 0.3) is 0 Å². The van der Waals surface area contributed by atoms with Crippen LogP contribution in [-0.4, -0.2) is 75.2 Å². The quantitative estimate of drug-likeness (QED) is 0.754. The Morgan fingerprint density at radius 2 is 2.06 bits per heavy atom. The SMILES string of the molecule is CCN1CCN(C(=O)C2(COC)CCNC2)CC1. The largest absolute Gasteiger partial charge is 0.384 e. The molecule has 1 N–H and O–H groups in total. The van der Waals surface area contributed by atoms with E-state index in [2.05, 4.69) is 17.1 Å². The van der Waals surface area contributed by atoms with E-state index in [9.17, 15) is 4.79 Å². The molecule has 104 valence electrons. The van der Waals surface area contributed by atoms with Crippen LogP contribution in [0, 0.1) is 5.41 Å². The van der Waals surface area contributed by atoms with Crippen LogP contribution in [-0.2, 0) is 9.53 Å². The molecule has 2 saturated heterocycles. The second-order valence-corrected chi connectivity index (χ2v) is 5.37. The van der Waals surface area contributed by atoms with Gasteiger partial charge in [0.1, 0.15) is 0 Å². The van der Waals surface area contributed by atoms with Crippen LogP contribution >= 0.6 is 0 Å². The van der Waals surface area contributed by atoms with Gasteiger partial charge in [-0.1, -0.05) is 6.92 Å². The first-order valence-electron chi connectivity index (χ1n) is 6.93. The highest BCUT2D eigenvalue weighted by Gasteiger charge is 2.44. The lowest BCUT2D eigenvalue weighted by atomic mass is 9.86. The van der Waals surface area contributed by atoms with Crippen molar-refractivity contribution in [3.05, 3.63) is 0 Å². The molecule has 2 heterocycles. The first kappa shape index (κ1) is 13.8. The summed E-state index contributed by atoms with van der Waals surface area (Å²) < 4.78 is 5.29. The maximum atomic E-state index is 12.7. The summed E-state index contributed by atoms with van der Waals surface area (Å²) in [7, 11) is 1.68. The Kier molecular flexibility index (Phi) is 4.59. The highest BCUT2D eigenvalue weighted by Crippen LogP contribution is 2.29. The minimum atomic E-state index is -0.316. The van der Waals surface area contributed by atoms with Crippen LogP contribution in [0.2, 0.25) is 0 Å². The number of ether oxygens (including phenoxy) is 1. The smallest absolute Gasteiger partial charge is 0.232 e. The van der Waals surface area contributed by atoms with E-state index in [0.29, 0.717) is 6.61 Å². The minimum Gasteiger partial charge on any atom is -0.384 e. The summed E-state index contributed by atoms with van der Waals surface area (Å²) in [5, 5.41) is 3.30. The molecule has 0 aromatic heterocycles. The van der Waals surface area contributed by atoms with Crippen molar-refractivity contribution in [1.82, 2.24) is 15.1 Å². The van der Waals surface area contributed by atoms with E-state index < -0.39 is 0 Å². The molecule has 2 fully saturated rings. The van der Waals surface area contributed by atoms with Gasteiger partial charge in [-0.15, -0.1) is 0 Å². The number of rotatable bonds is 4. The van der Waals surface area contributed by atoms with Gasteiger partial charge in [0.15, 0.2) is 0 Å². The summed E-state index contributed by atoms with van der Waals surface area (Å²) in [6.07, 6.45) is 0.896. The predicted octanol–water partition coefficient (Wildman–Crippen LogP) is -0.223. The molecule has 2 rings (SSSR count). The number of carbonyl (C=O) groups is 1. The second kappa shape index (κ2) is 5.99. The molecule has 0 bridgehead atoms. The molecule has 0 aliphatic carbocycles. The fourth-order valence-electron chi connectivity index (χ4n) is 2.99. The number of likely N-dealkylation sites (N-methyl/N-ethyl adjacent to an activating group) is 1. The van der Waals surface area contributed by atoms with Gasteiger partial charge in [0.05, 0.1) is 12.0 Å². The Bertz CT molecular complexity index is 282. The van der Waals surface area contributed by atoms with Crippen LogP contribution in [0.4, 0.5) is 0 Å². The Labute approximate surface area is 109 Å². The minimum absolute atomic E-state index is 0.283. The van der Waals surface area contributed by atoms with E-state index >= 15 is 0 Å². The third-order valence-corrected chi connectivity index (χ3v) is 4.22. The molecule has 5 heteroatoms. The first-order chi connectivity index (χ1) is 8.72. The van der Waals surface area contributed by atoms with E-state index in [1.807, 2.05) is 4.90 Å². The number of hydrogen-bond donors (Lipinski definition) is 1. The highest BCUT2D eigenvalue weighted by atomic mass is 16.5. The predicted molar refractivity (Wildman–Crippen MR) is 70.5 cm³/mol. The summed E-state index contributed by atoms with van der Waals surface area (Å²) in [5.74, 6) is 0.283. The van der Waals surface area contributed by atoms with E-state index in [4.69, 9.17) is 4.74 Å². The van der Waals surface area contributed by atoms with E-state index in [0.717, 1.165) is 52.2 Å². The maximum absolute atomic E-state index is 12.7. The molecule has 0 saturated carbocycles. The van der Waals surface area contributed by atoms with Crippen LogP contribution in [0.5, 0.6) is 0 Å². The standard InChI is InChI=1S/C13H25N3O2/c1-3-15-6-8-16(9-7-15)12(17)13(11-18-2)4-5-14-10-13/h14H,3-11H2,1-2H3. The molecular weight excluding hydrogens is 230 g/mol. The normalized spacial score (nSPS) is 29.8. The molecule has 0 aromatic carbocycles. The van der Waals surface area contributed by atoms with Gasteiger partial charge in [0, 0.05) is 39.8 Å². The molecule has 18 heavy (non-hydrogen) atoms. The molecule has 5 nitrogen and oxygen atoms in total. The molecule has 0 spiro atoms. The molecule has 1 amide bonds. The first-order valence-corrected chi connectivity index (χ1v) is 6.93. The van der Waals surface area contributed by atoms with Crippen molar-refractivity contribution in [3.63, 3.8) is 0 Å². The number of methoxy groups -OCH3 is 1. The van der Waals surface area contributed by atoms with Crippen molar-refractivity contribution in [3.8, 4) is 0 Å². The average molecular weight is 255 g/mol. The van der Waals surface area contributed by atoms with Crippen molar-refractivity contribution >= 4 is 5.91 Å². The summed E-state index contributed by atoms with van der Waals surface area (Å²) in [4.78, 5) is 17.1. The summed E-state index contributed by atoms with van der Waals surface area (Å²) in [6.45, 7) is 9.18. The number of hydrogen-bond acceptors (Lipinski definition) is 4. The van der Waals surface area contributed by atoms with Gasteiger partial charge < -0.3 is 19.9 Å². The number of nitrogens with zero attached hydrogens (tertiary/aromatic N) is 2. The summed E-state index contributed by atoms with van der Waals surface area (Å²) in [5.41, 5.74) is -0.316. The van der Waals surface area contributed by atoms with Gasteiger partial charge in [-0.05, 0) is 19.5 Å². The summed E-state index contributed by atoms with van der Waals surface area (Å²) in [6, 6.07) is 0. The second-order valence-electron chi connectivity index (χ2n) is 5.37. The third-order valence-electron chi connectivity index (χ3n) is 4.22. The zero-order chi connectivity index (χ0) is 13.0. The van der Waals surface area contributed by atoms with Gasteiger partial charge in [-0.25, -0.2) is 0 Å². The maximum Gasteiger partial charge on any atom is 0.232 e. The molecule has 0 radical (unpaired) electrons. The van der Waals surface area contributed by atoms with Crippen molar-refractivity contribution < 1.29 is 9.53 Å². The van der Waals surface area contributed by atoms with Crippen molar-refractivity contribution in [2.45, 2.75) is 13.3 Å². The van der Waals surface area contributed by atoms with Gasteiger partial charge in [-0.2, -0.15) is 0 Å². The Morgan fingerprint density at radius 3 is 2.56 bits per heavy atom. The van der Waals surface area contributed by atoms with Gasteiger partial charge >= 0.3 is 0 Å². The van der Waals surface area contributed by atoms with E-state index in [1.165, 1.54) is 0 Å². The van der Waals surface area contributed by atoms with Gasteiger partial charge in [-0.3, -0.25) is 4.79 Å². The molecule has 1 unspecified atom stereocenters. The number of nitrogens with one attached hydrogen (secondary N) is 1. The lowest BCUT2D eigenvalue weighted by Crippen LogP contribution is -2.54. The molecule has 2 aliphatic rings. The molecule has 2 aliphatic heterocycles. The zero-order valence-electron chi connectivity index (χ0n) is 11.6. The van der Waals surface area contributed by atoms with Crippen LogP contribution < -0.4 is 5.32 Å². The number of piperazine rings is 1. The Morgan fingerprint density at radius 1 is 1.33 bits per heavy atom. The average Bonchev–Trinajstić information content (AvgIpc) is 2.88. The highest BCUT2D eigenvalue weighted by molar-refractivity contribution is 5.83. The monoisotopic (exact) mass is 255 g/mol. The van der Waals surface area contributed by atoms with Crippen LogP contribution in [0.3, 0.4) is 0 Å². The molecular formula is C13H25N3O2. The Balaban J connectivity index is 1.97. The number of amides is 1. The lowest BCUT2D eigenvalue weighted by molar-refractivity contribution is -0.146. The van der Waals surface area contributed by atoms with Crippen molar-refractivity contribution in [1.29, 1.82) is 0 Å². The van der Waals surface area contributed by atoms with E-state index in [1.54, 1.807) is 7.11 Å². The molecule has 1 atom stereocenters. The third kappa shape index (κ3) is 2.68. The lowest BCUT2D eigenvalue weighted by Gasteiger charge is -2.39. The van der Waals surface area contributed by atoms with Crippen molar-refractivity contribution in [2.24, 2.45) is 5.41 Å². The Hall–Kier alpha value is -0.650. The molecule has 0 aromatic rings. The number of carbonyl (C=O) groups excluding carboxylic acids is 1. The van der Waals surface area contributed by atoms with Crippen molar-refractivity contribution in [2.75, 3.05) is 59.5 Å². The van der Waals surface area contributed by atoms with E-state index in [-0.39, 0.29) is 11.3 Å². The summed E-state index contributed by atoms with van der Waals surface area (Å²) >= 11 is 0. The van der Waals surface area contributed by atoms with Crippen LogP contribution in [0.15, 0.2) is 0 Å². The fourth-order valence-corrected chi connectivity index (χ4v) is 2.99. The zero-order valence-corrected chi connectivity index (χ0v) is 11.6. The topological polar surface area (TPSA) is 44.8 Å². The van der Waals surface area contributed by atoms with Gasteiger partial charge in [0.25, 0.3) is 0 Å². The van der Waals surface area contributed by atoms with Gasteiger partial charge in [0.2, 0.25) is 5.91 Å².